The molecule has 1 aromatic carbocycles. The highest BCUT2D eigenvalue weighted by Crippen LogP contribution is 2.20. The molecule has 0 atom stereocenters. The summed E-state index contributed by atoms with van der Waals surface area (Å²) < 4.78 is 0. The van der Waals surface area contributed by atoms with Gasteiger partial charge in [-0.15, -0.1) is 0 Å². The van der Waals surface area contributed by atoms with Crippen molar-refractivity contribution in [2.24, 2.45) is 0 Å². The predicted octanol–water partition coefficient (Wildman–Crippen LogP) is 3.81. The van der Waals surface area contributed by atoms with Crippen LogP contribution < -0.4 is 10.6 Å². The van der Waals surface area contributed by atoms with Gasteiger partial charge in [-0.1, -0.05) is 23.7 Å². The van der Waals surface area contributed by atoms with E-state index in [0.717, 1.165) is 11.1 Å². The van der Waals surface area contributed by atoms with E-state index in [1.807, 2.05) is 32.0 Å². The minimum absolute atomic E-state index is 0.0632. The summed E-state index contributed by atoms with van der Waals surface area (Å²) in [5.41, 5.74) is 2.28. The number of carbonyl (C=O) groups excluding carboxylic acids is 1. The molecule has 0 aliphatic heterocycles. The van der Waals surface area contributed by atoms with E-state index in [-0.39, 0.29) is 5.57 Å². The van der Waals surface area contributed by atoms with Crippen LogP contribution >= 0.6 is 11.6 Å². The Morgan fingerprint density at radius 1 is 1.30 bits per heavy atom. The Balaban J connectivity index is 2.12. The summed E-state index contributed by atoms with van der Waals surface area (Å²) in [4.78, 5) is 16.3. The summed E-state index contributed by atoms with van der Waals surface area (Å²) in [5.74, 6) is 0.0694. The van der Waals surface area contributed by atoms with Gasteiger partial charge in [0.15, 0.2) is 0 Å². The molecule has 23 heavy (non-hydrogen) atoms. The molecule has 0 saturated heterocycles. The molecule has 0 radical (unpaired) electrons. The second-order valence-electron chi connectivity index (χ2n) is 4.90. The van der Waals surface area contributed by atoms with E-state index < -0.39 is 5.91 Å². The highest BCUT2D eigenvalue weighted by atomic mass is 35.5. The van der Waals surface area contributed by atoms with Crippen molar-refractivity contribution < 1.29 is 4.79 Å². The molecule has 6 heteroatoms. The molecule has 0 bridgehead atoms. The fourth-order valence-corrected chi connectivity index (χ4v) is 1.98. The highest BCUT2D eigenvalue weighted by Gasteiger charge is 2.10. The summed E-state index contributed by atoms with van der Waals surface area (Å²) in [7, 11) is 0. The van der Waals surface area contributed by atoms with Crippen LogP contribution in [-0.2, 0) is 4.79 Å². The highest BCUT2D eigenvalue weighted by molar-refractivity contribution is 6.31. The number of aryl methyl sites for hydroxylation is 2. The third-order valence-electron chi connectivity index (χ3n) is 3.16. The summed E-state index contributed by atoms with van der Waals surface area (Å²) in [6.07, 6.45) is 2.96. The first kappa shape index (κ1) is 16.5. The number of halogens is 1. The number of nitriles is 1. The van der Waals surface area contributed by atoms with Gasteiger partial charge >= 0.3 is 0 Å². The topological polar surface area (TPSA) is 77.8 Å². The van der Waals surface area contributed by atoms with Gasteiger partial charge in [0.25, 0.3) is 5.91 Å². The van der Waals surface area contributed by atoms with Crippen LogP contribution in [-0.4, -0.2) is 10.9 Å². The molecule has 1 heterocycles. The molecular weight excluding hydrogens is 312 g/mol. The predicted molar refractivity (Wildman–Crippen MR) is 91.1 cm³/mol. The number of amides is 1. The lowest BCUT2D eigenvalue weighted by Crippen LogP contribution is -2.14. The number of rotatable bonds is 4. The molecule has 0 unspecified atom stereocenters. The number of pyridine rings is 1. The Hall–Kier alpha value is -2.84. The van der Waals surface area contributed by atoms with Gasteiger partial charge in [-0.3, -0.25) is 4.79 Å². The molecular formula is C17H15ClN4O. The van der Waals surface area contributed by atoms with Crippen LogP contribution in [0.1, 0.15) is 11.1 Å². The van der Waals surface area contributed by atoms with Crippen molar-refractivity contribution in [1.82, 2.24) is 4.98 Å². The maximum absolute atomic E-state index is 12.1. The van der Waals surface area contributed by atoms with E-state index in [0.29, 0.717) is 16.5 Å². The monoisotopic (exact) mass is 326 g/mol. The van der Waals surface area contributed by atoms with Gasteiger partial charge in [0.2, 0.25) is 0 Å². The molecule has 5 nitrogen and oxygen atoms in total. The minimum Gasteiger partial charge on any atom is -0.345 e. The van der Waals surface area contributed by atoms with Gasteiger partial charge < -0.3 is 10.6 Å². The molecule has 0 aliphatic rings. The van der Waals surface area contributed by atoms with Gasteiger partial charge in [-0.05, 0) is 43.2 Å². The zero-order valence-corrected chi connectivity index (χ0v) is 13.5. The first-order chi connectivity index (χ1) is 11.0. The number of anilines is 2. The third-order valence-corrected chi connectivity index (χ3v) is 3.56. The molecule has 2 rings (SSSR count). The van der Waals surface area contributed by atoms with Gasteiger partial charge in [0.05, 0.1) is 0 Å². The third kappa shape index (κ3) is 4.31. The van der Waals surface area contributed by atoms with Gasteiger partial charge in [0, 0.05) is 23.1 Å². The van der Waals surface area contributed by atoms with Crippen molar-refractivity contribution in [2.75, 3.05) is 10.6 Å². The number of nitrogens with one attached hydrogen (secondary N) is 2. The lowest BCUT2D eigenvalue weighted by atomic mass is 10.2. The van der Waals surface area contributed by atoms with Gasteiger partial charge in [-0.2, -0.15) is 5.26 Å². The van der Waals surface area contributed by atoms with E-state index in [2.05, 4.69) is 15.6 Å². The summed E-state index contributed by atoms with van der Waals surface area (Å²) >= 11 is 6.02. The van der Waals surface area contributed by atoms with E-state index in [9.17, 15) is 4.79 Å². The molecule has 0 fully saturated rings. The molecule has 2 N–H and O–H groups in total. The SMILES string of the molecule is Cc1ccc(NC(=O)/C(C#N)=C\Nc2ncccc2C)cc1Cl. The fourth-order valence-electron chi connectivity index (χ4n) is 1.79. The van der Waals surface area contributed by atoms with Crippen LogP contribution in [0.3, 0.4) is 0 Å². The van der Waals surface area contributed by atoms with Crippen LogP contribution in [0.25, 0.3) is 0 Å². The van der Waals surface area contributed by atoms with E-state index in [1.54, 1.807) is 24.4 Å². The molecule has 116 valence electrons. The number of benzene rings is 1. The summed E-state index contributed by atoms with van der Waals surface area (Å²) in [6, 6.07) is 10.7. The Labute approximate surface area is 139 Å². The Kier molecular flexibility index (Phi) is 5.34. The number of carbonyl (C=O) groups is 1. The van der Waals surface area contributed by atoms with Crippen LogP contribution in [0.15, 0.2) is 48.3 Å². The van der Waals surface area contributed by atoms with E-state index >= 15 is 0 Å². The van der Waals surface area contributed by atoms with E-state index in [4.69, 9.17) is 16.9 Å². The van der Waals surface area contributed by atoms with Crippen LogP contribution in [0.5, 0.6) is 0 Å². The molecule has 1 amide bonds. The average Bonchev–Trinajstić information content (AvgIpc) is 2.53. The number of hydrogen-bond acceptors (Lipinski definition) is 4. The Bertz CT molecular complexity index is 808. The summed E-state index contributed by atoms with van der Waals surface area (Å²) in [5, 5.41) is 15.2. The molecule has 2 aromatic rings. The average molecular weight is 327 g/mol. The number of hydrogen-bond donors (Lipinski definition) is 2. The Morgan fingerprint density at radius 2 is 2.09 bits per heavy atom. The standard InChI is InChI=1S/C17H15ClN4O/c1-11-5-6-14(8-15(11)18)22-17(23)13(9-19)10-21-16-12(2)4-3-7-20-16/h3-8,10H,1-2H3,(H,20,21)(H,22,23)/b13-10-. The number of aromatic nitrogens is 1. The smallest absolute Gasteiger partial charge is 0.267 e. The fraction of sp³-hybridized carbons (Fsp3) is 0.118. The van der Waals surface area contributed by atoms with Crippen molar-refractivity contribution >= 4 is 29.0 Å². The van der Waals surface area contributed by atoms with Crippen molar-refractivity contribution in [2.45, 2.75) is 13.8 Å². The quantitative estimate of drug-likeness (QED) is 0.661. The zero-order valence-electron chi connectivity index (χ0n) is 12.7. The van der Waals surface area contributed by atoms with Crippen LogP contribution in [0.2, 0.25) is 5.02 Å². The second-order valence-corrected chi connectivity index (χ2v) is 5.31. The van der Waals surface area contributed by atoms with E-state index in [1.165, 1.54) is 6.20 Å². The van der Waals surface area contributed by atoms with Crippen molar-refractivity contribution in [3.63, 3.8) is 0 Å². The van der Waals surface area contributed by atoms with Crippen molar-refractivity contribution in [3.05, 3.63) is 64.5 Å². The lowest BCUT2D eigenvalue weighted by Gasteiger charge is -2.07. The van der Waals surface area contributed by atoms with Crippen LogP contribution in [0.4, 0.5) is 11.5 Å². The first-order valence-corrected chi connectivity index (χ1v) is 7.25. The first-order valence-electron chi connectivity index (χ1n) is 6.87. The lowest BCUT2D eigenvalue weighted by molar-refractivity contribution is -0.112. The van der Waals surface area contributed by atoms with Crippen LogP contribution in [0, 0.1) is 25.2 Å². The maximum atomic E-state index is 12.1. The van der Waals surface area contributed by atoms with Gasteiger partial charge in [-0.25, -0.2) is 4.98 Å². The molecule has 0 saturated carbocycles. The largest absolute Gasteiger partial charge is 0.345 e. The summed E-state index contributed by atoms with van der Waals surface area (Å²) in [6.45, 7) is 3.75. The molecule has 0 aliphatic carbocycles. The van der Waals surface area contributed by atoms with Crippen molar-refractivity contribution in [1.29, 1.82) is 5.26 Å². The molecule has 0 spiro atoms. The number of nitrogens with zero attached hydrogens (tertiary/aromatic N) is 2. The van der Waals surface area contributed by atoms with Gasteiger partial charge in [0.1, 0.15) is 17.5 Å². The minimum atomic E-state index is -0.520. The van der Waals surface area contributed by atoms with Crippen molar-refractivity contribution in [3.8, 4) is 6.07 Å². The maximum Gasteiger partial charge on any atom is 0.267 e. The second kappa shape index (κ2) is 7.43. The Morgan fingerprint density at radius 3 is 2.74 bits per heavy atom. The zero-order chi connectivity index (χ0) is 16.8. The molecule has 1 aromatic heterocycles. The normalized spacial score (nSPS) is 10.8.